The summed E-state index contributed by atoms with van der Waals surface area (Å²) in [5.74, 6) is -0.398. The van der Waals surface area contributed by atoms with E-state index in [0.29, 0.717) is 27.6 Å². The summed E-state index contributed by atoms with van der Waals surface area (Å²) in [7, 11) is 0. The number of rotatable bonds is 4. The van der Waals surface area contributed by atoms with Crippen LogP contribution in [0.4, 0.5) is 30.7 Å². The molecule has 304 valence electrons. The molecule has 0 heterocycles. The lowest BCUT2D eigenvalue weighted by Crippen LogP contribution is -2.04. The van der Waals surface area contributed by atoms with Crippen LogP contribution >= 0.6 is 0 Å². The van der Waals surface area contributed by atoms with Crippen LogP contribution in [0.25, 0.3) is 109 Å². The lowest BCUT2D eigenvalue weighted by molar-refractivity contribution is -0.138. The third-order valence-corrected chi connectivity index (χ3v) is 12.3. The van der Waals surface area contributed by atoms with Crippen molar-refractivity contribution in [3.63, 3.8) is 0 Å². The van der Waals surface area contributed by atoms with Crippen molar-refractivity contribution in [1.29, 1.82) is 0 Å². The van der Waals surface area contributed by atoms with Gasteiger partial charge in [-0.1, -0.05) is 127 Å². The summed E-state index contributed by atoms with van der Waals surface area (Å²) >= 11 is 0. The van der Waals surface area contributed by atoms with Crippen molar-refractivity contribution < 1.29 is 30.7 Å². The first kappa shape index (κ1) is 38.4. The molecule has 11 aromatic rings. The molecule has 0 bridgehead atoms. The molecule has 11 aromatic carbocycles. The molecule has 0 spiro atoms. The van der Waals surface area contributed by atoms with Crippen molar-refractivity contribution in [2.45, 2.75) is 12.4 Å². The van der Waals surface area contributed by atoms with Gasteiger partial charge in [0.25, 0.3) is 0 Å². The molecule has 7 heteroatoms. The van der Waals surface area contributed by atoms with Crippen LogP contribution in [-0.4, -0.2) is 0 Å². The Morgan fingerprint density at radius 1 is 0.270 bits per heavy atom. The van der Waals surface area contributed by atoms with Crippen LogP contribution < -0.4 is 0 Å². The standard InChI is InChI=1S/C56H31F7/c57-40-22-25-42-37(27-40)31-50(46-15-6-4-13-44(42)46)54-47-23-18-34(32-16-20-38(21-17-32)55(58,59)60)28-51(47)53(49-30-36-8-1-2-11-41(36)43-12-3-5-14-45(43)49)48-24-19-35(29-52(48)54)33-9-7-10-39(26-33)56(61,62)63/h1-31H. The monoisotopic (exact) mass is 836 g/mol. The van der Waals surface area contributed by atoms with Gasteiger partial charge in [-0.2, -0.15) is 26.3 Å². The minimum absolute atomic E-state index is 0.388. The fourth-order valence-electron chi connectivity index (χ4n) is 9.45. The first-order chi connectivity index (χ1) is 30.4. The molecule has 0 amide bonds. The van der Waals surface area contributed by atoms with Crippen molar-refractivity contribution >= 4 is 64.6 Å². The summed E-state index contributed by atoms with van der Waals surface area (Å²) in [6.45, 7) is 0. The summed E-state index contributed by atoms with van der Waals surface area (Å²) in [6.07, 6.45) is -9.05. The van der Waals surface area contributed by atoms with Gasteiger partial charge in [-0.15, -0.1) is 0 Å². The molecule has 0 unspecified atom stereocenters. The van der Waals surface area contributed by atoms with Gasteiger partial charge in [0.15, 0.2) is 0 Å². The molecule has 0 aliphatic heterocycles. The predicted octanol–water partition coefficient (Wildman–Crippen LogP) is 17.5. The second-order valence-corrected chi connectivity index (χ2v) is 16.0. The number of hydrogen-bond acceptors (Lipinski definition) is 0. The second-order valence-electron chi connectivity index (χ2n) is 16.0. The van der Waals surface area contributed by atoms with E-state index in [1.54, 1.807) is 12.1 Å². The van der Waals surface area contributed by atoms with Crippen molar-refractivity contribution in [2.24, 2.45) is 0 Å². The maximum atomic E-state index is 15.1. The Morgan fingerprint density at radius 2 is 0.730 bits per heavy atom. The molecule has 0 aromatic heterocycles. The highest BCUT2D eigenvalue weighted by atomic mass is 19.4. The molecule has 0 saturated heterocycles. The predicted molar refractivity (Wildman–Crippen MR) is 243 cm³/mol. The summed E-state index contributed by atoms with van der Waals surface area (Å²) in [4.78, 5) is 0. The van der Waals surface area contributed by atoms with Crippen molar-refractivity contribution in [1.82, 2.24) is 0 Å². The minimum atomic E-state index is -4.55. The quantitative estimate of drug-likeness (QED) is 0.0941. The van der Waals surface area contributed by atoms with Crippen LogP contribution in [0.2, 0.25) is 0 Å². The van der Waals surface area contributed by atoms with Gasteiger partial charge in [-0.05, 0) is 170 Å². The van der Waals surface area contributed by atoms with Gasteiger partial charge in [-0.25, -0.2) is 4.39 Å². The van der Waals surface area contributed by atoms with Crippen LogP contribution in [-0.2, 0) is 12.4 Å². The Morgan fingerprint density at radius 3 is 1.32 bits per heavy atom. The third-order valence-electron chi connectivity index (χ3n) is 12.3. The van der Waals surface area contributed by atoms with Gasteiger partial charge in [-0.3, -0.25) is 0 Å². The second kappa shape index (κ2) is 14.3. The van der Waals surface area contributed by atoms with Crippen molar-refractivity contribution in [2.75, 3.05) is 0 Å². The average molecular weight is 837 g/mol. The minimum Gasteiger partial charge on any atom is -0.207 e. The number of halogens is 7. The van der Waals surface area contributed by atoms with Crippen LogP contribution in [0.15, 0.2) is 188 Å². The number of alkyl halides is 6. The van der Waals surface area contributed by atoms with E-state index < -0.39 is 29.3 Å². The normalized spacial score (nSPS) is 12.4. The zero-order valence-corrected chi connectivity index (χ0v) is 33.0. The van der Waals surface area contributed by atoms with Gasteiger partial charge >= 0.3 is 12.4 Å². The summed E-state index contributed by atoms with van der Waals surface area (Å²) < 4.78 is 98.7. The average Bonchev–Trinajstić information content (AvgIpc) is 3.29. The van der Waals surface area contributed by atoms with E-state index in [2.05, 4.69) is 30.3 Å². The highest BCUT2D eigenvalue weighted by molar-refractivity contribution is 6.29. The fourth-order valence-corrected chi connectivity index (χ4v) is 9.45. The Bertz CT molecular complexity index is 3650. The zero-order valence-electron chi connectivity index (χ0n) is 33.0. The van der Waals surface area contributed by atoms with Gasteiger partial charge in [0.1, 0.15) is 5.82 Å². The van der Waals surface area contributed by atoms with Gasteiger partial charge in [0, 0.05) is 0 Å². The molecular weight excluding hydrogens is 806 g/mol. The topological polar surface area (TPSA) is 0 Å². The Balaban J connectivity index is 1.33. The lowest BCUT2D eigenvalue weighted by Gasteiger charge is -2.22. The van der Waals surface area contributed by atoms with Crippen molar-refractivity contribution in [3.8, 4) is 44.5 Å². The van der Waals surface area contributed by atoms with Gasteiger partial charge in [0.2, 0.25) is 0 Å². The van der Waals surface area contributed by atoms with Crippen LogP contribution in [0, 0.1) is 5.82 Å². The van der Waals surface area contributed by atoms with E-state index in [9.17, 15) is 26.3 Å². The number of fused-ring (bicyclic) bond motifs is 8. The molecule has 0 N–H and O–H groups in total. The molecule has 11 rings (SSSR count). The van der Waals surface area contributed by atoms with Gasteiger partial charge in [0.05, 0.1) is 11.1 Å². The molecule has 0 fully saturated rings. The van der Waals surface area contributed by atoms with Crippen molar-refractivity contribution in [3.05, 3.63) is 205 Å². The summed E-state index contributed by atoms with van der Waals surface area (Å²) in [6, 6.07) is 55.0. The summed E-state index contributed by atoms with van der Waals surface area (Å²) in [5, 5.41) is 10.5. The first-order valence-corrected chi connectivity index (χ1v) is 20.3. The number of hydrogen-bond donors (Lipinski definition) is 0. The van der Waals surface area contributed by atoms with E-state index in [1.807, 2.05) is 91.0 Å². The third kappa shape index (κ3) is 6.46. The van der Waals surface area contributed by atoms with E-state index in [4.69, 9.17) is 0 Å². The van der Waals surface area contributed by atoms with Crippen LogP contribution in [0.3, 0.4) is 0 Å². The Hall–Kier alpha value is -7.51. The largest absolute Gasteiger partial charge is 0.416 e. The van der Waals surface area contributed by atoms with E-state index in [1.165, 1.54) is 30.3 Å². The summed E-state index contributed by atoms with van der Waals surface area (Å²) in [5.41, 5.74) is 4.06. The highest BCUT2D eigenvalue weighted by Gasteiger charge is 2.31. The molecule has 0 aliphatic rings. The Labute approximate surface area is 356 Å². The lowest BCUT2D eigenvalue weighted by atomic mass is 9.81. The van der Waals surface area contributed by atoms with Crippen LogP contribution in [0.1, 0.15) is 11.1 Å². The highest BCUT2D eigenvalue weighted by Crippen LogP contribution is 2.50. The Kier molecular flexibility index (Phi) is 8.71. The molecule has 63 heavy (non-hydrogen) atoms. The molecule has 0 aliphatic carbocycles. The first-order valence-electron chi connectivity index (χ1n) is 20.3. The smallest absolute Gasteiger partial charge is 0.207 e. The van der Waals surface area contributed by atoms with Gasteiger partial charge < -0.3 is 0 Å². The molecule has 0 atom stereocenters. The van der Waals surface area contributed by atoms with E-state index >= 15 is 4.39 Å². The maximum absolute atomic E-state index is 15.1. The van der Waals surface area contributed by atoms with E-state index in [0.717, 1.165) is 106 Å². The zero-order chi connectivity index (χ0) is 43.2. The van der Waals surface area contributed by atoms with E-state index in [-0.39, 0.29) is 0 Å². The molecule has 0 radical (unpaired) electrons. The maximum Gasteiger partial charge on any atom is 0.416 e. The fraction of sp³-hybridized carbons (Fsp3) is 0.0357. The molecule has 0 saturated carbocycles. The number of benzene rings is 11. The molecule has 0 nitrogen and oxygen atoms in total. The SMILES string of the molecule is Fc1ccc2c(c1)cc(-c1c3ccc(-c4ccc(C(F)(F)F)cc4)cc3c(-c3cc4ccccc4c4ccccc34)c3ccc(-c4cccc(C(F)(F)F)c4)cc13)c1ccccc12. The van der Waals surface area contributed by atoms with Crippen LogP contribution in [0.5, 0.6) is 0 Å². The molecular formula is C56H31F7.